The molecular weight excluding hydrogens is 223 g/mol. The number of hydrogen-bond acceptors (Lipinski definition) is 3. The molecule has 0 radical (unpaired) electrons. The quantitative estimate of drug-likeness (QED) is 0.770. The molecule has 0 bridgehead atoms. The molecule has 17 heavy (non-hydrogen) atoms. The molecule has 0 saturated carbocycles. The highest BCUT2D eigenvalue weighted by Crippen LogP contribution is 2.25. The highest BCUT2D eigenvalue weighted by molar-refractivity contribution is 5.70. The molecule has 4 nitrogen and oxygen atoms in total. The molecule has 1 aliphatic rings. The maximum atomic E-state index is 13.3. The summed E-state index contributed by atoms with van der Waals surface area (Å²) in [6.07, 6.45) is 1.20. The molecule has 1 fully saturated rings. The average Bonchev–Trinajstić information content (AvgIpc) is 2.33. The van der Waals surface area contributed by atoms with Gasteiger partial charge in [0.15, 0.2) is 0 Å². The van der Waals surface area contributed by atoms with Crippen molar-refractivity contribution in [2.75, 3.05) is 23.7 Å². The second-order valence-electron chi connectivity index (χ2n) is 4.31. The largest absolute Gasteiger partial charge is 0.481 e. The first-order chi connectivity index (χ1) is 8.08. The lowest BCUT2D eigenvalue weighted by Crippen LogP contribution is -2.36. The Labute approximate surface area is 98.8 Å². The summed E-state index contributed by atoms with van der Waals surface area (Å²) in [4.78, 5) is 12.8. The van der Waals surface area contributed by atoms with Crippen molar-refractivity contribution in [3.05, 3.63) is 24.0 Å². The number of nitrogens with two attached hydrogens (primary N) is 1. The van der Waals surface area contributed by atoms with E-state index < -0.39 is 11.8 Å². The standard InChI is InChI=1S/C12H15FN2O2/c13-10-7-9(1-2-11(10)14)15-5-3-8(4-6-15)12(16)17/h1-2,7-8H,3-6,14H2,(H,16,17). The first-order valence-corrected chi connectivity index (χ1v) is 5.60. The summed E-state index contributed by atoms with van der Waals surface area (Å²) in [6.45, 7) is 1.28. The molecule has 1 aromatic rings. The number of aliphatic carboxylic acids is 1. The van der Waals surface area contributed by atoms with E-state index in [-0.39, 0.29) is 11.6 Å². The minimum Gasteiger partial charge on any atom is -0.481 e. The fourth-order valence-corrected chi connectivity index (χ4v) is 2.10. The van der Waals surface area contributed by atoms with Crippen LogP contribution in [0.1, 0.15) is 12.8 Å². The summed E-state index contributed by atoms with van der Waals surface area (Å²) >= 11 is 0. The molecule has 1 saturated heterocycles. The van der Waals surface area contributed by atoms with Crippen molar-refractivity contribution >= 4 is 17.3 Å². The second-order valence-corrected chi connectivity index (χ2v) is 4.31. The summed E-state index contributed by atoms with van der Waals surface area (Å²) in [5, 5.41) is 8.88. The number of halogens is 1. The molecule has 92 valence electrons. The molecule has 1 aliphatic heterocycles. The predicted octanol–water partition coefficient (Wildman–Crippen LogP) is 1.71. The van der Waals surface area contributed by atoms with Crippen LogP contribution < -0.4 is 10.6 Å². The van der Waals surface area contributed by atoms with Gasteiger partial charge in [0.2, 0.25) is 0 Å². The summed E-state index contributed by atoms with van der Waals surface area (Å²) in [6, 6.07) is 4.70. The van der Waals surface area contributed by atoms with Crippen LogP contribution in [0, 0.1) is 11.7 Å². The lowest BCUT2D eigenvalue weighted by Gasteiger charge is -2.32. The van der Waals surface area contributed by atoms with Crippen molar-refractivity contribution in [2.45, 2.75) is 12.8 Å². The normalized spacial score (nSPS) is 17.1. The van der Waals surface area contributed by atoms with E-state index in [4.69, 9.17) is 10.8 Å². The van der Waals surface area contributed by atoms with Crippen molar-refractivity contribution in [3.8, 4) is 0 Å². The zero-order valence-corrected chi connectivity index (χ0v) is 9.40. The molecule has 5 heteroatoms. The molecular formula is C12H15FN2O2. The summed E-state index contributed by atoms with van der Waals surface area (Å²) in [7, 11) is 0. The molecule has 0 atom stereocenters. The Morgan fingerprint density at radius 3 is 2.59 bits per heavy atom. The topological polar surface area (TPSA) is 66.6 Å². The van der Waals surface area contributed by atoms with Crippen molar-refractivity contribution in [3.63, 3.8) is 0 Å². The number of benzene rings is 1. The number of nitrogens with zero attached hydrogens (tertiary/aromatic N) is 1. The van der Waals surface area contributed by atoms with E-state index in [1.54, 1.807) is 6.07 Å². The van der Waals surface area contributed by atoms with Crippen LogP contribution in [0.15, 0.2) is 18.2 Å². The third kappa shape index (κ3) is 2.49. The molecule has 1 aromatic carbocycles. The van der Waals surface area contributed by atoms with E-state index in [1.165, 1.54) is 12.1 Å². The van der Waals surface area contributed by atoms with Gasteiger partial charge in [-0.15, -0.1) is 0 Å². The maximum Gasteiger partial charge on any atom is 0.306 e. The fraction of sp³-hybridized carbons (Fsp3) is 0.417. The van der Waals surface area contributed by atoms with Crippen LogP contribution in [0.25, 0.3) is 0 Å². The van der Waals surface area contributed by atoms with Gasteiger partial charge in [-0.1, -0.05) is 0 Å². The van der Waals surface area contributed by atoms with E-state index >= 15 is 0 Å². The van der Waals surface area contributed by atoms with Gasteiger partial charge in [-0.3, -0.25) is 4.79 Å². The van der Waals surface area contributed by atoms with E-state index in [9.17, 15) is 9.18 Å². The number of hydrogen-bond donors (Lipinski definition) is 2. The Bertz CT molecular complexity index is 429. The van der Waals surface area contributed by atoms with E-state index in [0.717, 1.165) is 5.69 Å². The fourth-order valence-electron chi connectivity index (χ4n) is 2.10. The van der Waals surface area contributed by atoms with Crippen LogP contribution in [0.5, 0.6) is 0 Å². The number of piperidine rings is 1. The van der Waals surface area contributed by atoms with Crippen LogP contribution >= 0.6 is 0 Å². The van der Waals surface area contributed by atoms with Crippen LogP contribution in [-0.4, -0.2) is 24.2 Å². The molecule has 0 aromatic heterocycles. The van der Waals surface area contributed by atoms with Gasteiger partial charge in [0.05, 0.1) is 11.6 Å². The SMILES string of the molecule is Nc1ccc(N2CCC(C(=O)O)CC2)cc1F. The summed E-state index contributed by atoms with van der Waals surface area (Å²) < 4.78 is 13.3. The van der Waals surface area contributed by atoms with E-state index in [2.05, 4.69) is 0 Å². The molecule has 0 aliphatic carbocycles. The van der Waals surface area contributed by atoms with Gasteiger partial charge in [0.1, 0.15) is 5.82 Å². The zero-order valence-electron chi connectivity index (χ0n) is 9.40. The van der Waals surface area contributed by atoms with Crippen LogP contribution in [0.3, 0.4) is 0 Å². The smallest absolute Gasteiger partial charge is 0.306 e. The molecule has 0 unspecified atom stereocenters. The Kier molecular flexibility index (Phi) is 3.17. The monoisotopic (exact) mass is 238 g/mol. The third-order valence-electron chi connectivity index (χ3n) is 3.19. The Balaban J connectivity index is 2.05. The lowest BCUT2D eigenvalue weighted by atomic mass is 9.97. The van der Waals surface area contributed by atoms with Crippen molar-refractivity contribution in [1.82, 2.24) is 0 Å². The third-order valence-corrected chi connectivity index (χ3v) is 3.19. The maximum absolute atomic E-state index is 13.3. The summed E-state index contributed by atoms with van der Waals surface area (Å²) in [5.41, 5.74) is 6.31. The minimum atomic E-state index is -0.742. The first kappa shape index (κ1) is 11.7. The molecule has 2 rings (SSSR count). The van der Waals surface area contributed by atoms with Crippen LogP contribution in [0.2, 0.25) is 0 Å². The van der Waals surface area contributed by atoms with Crippen molar-refractivity contribution in [2.24, 2.45) is 5.92 Å². The van der Waals surface area contributed by atoms with Gasteiger partial charge in [-0.2, -0.15) is 0 Å². The Morgan fingerprint density at radius 1 is 1.41 bits per heavy atom. The van der Waals surface area contributed by atoms with Gasteiger partial charge in [-0.05, 0) is 31.0 Å². The van der Waals surface area contributed by atoms with Crippen LogP contribution in [-0.2, 0) is 4.79 Å². The number of rotatable bonds is 2. The molecule has 0 amide bonds. The van der Waals surface area contributed by atoms with Crippen molar-refractivity contribution < 1.29 is 14.3 Å². The summed E-state index contributed by atoms with van der Waals surface area (Å²) in [5.74, 6) is -1.44. The highest BCUT2D eigenvalue weighted by Gasteiger charge is 2.24. The molecule has 0 spiro atoms. The zero-order chi connectivity index (χ0) is 12.4. The number of nitrogen functional groups attached to an aromatic ring is 1. The Morgan fingerprint density at radius 2 is 2.06 bits per heavy atom. The van der Waals surface area contributed by atoms with Crippen LogP contribution in [0.4, 0.5) is 15.8 Å². The van der Waals surface area contributed by atoms with Crippen molar-refractivity contribution in [1.29, 1.82) is 0 Å². The van der Waals surface area contributed by atoms with Gasteiger partial charge >= 0.3 is 5.97 Å². The van der Waals surface area contributed by atoms with Gasteiger partial charge < -0.3 is 15.7 Å². The predicted molar refractivity (Wildman–Crippen MR) is 63.4 cm³/mol. The average molecular weight is 238 g/mol. The van der Waals surface area contributed by atoms with Gasteiger partial charge in [0, 0.05) is 18.8 Å². The van der Waals surface area contributed by atoms with Gasteiger partial charge in [-0.25, -0.2) is 4.39 Å². The lowest BCUT2D eigenvalue weighted by molar-refractivity contribution is -0.142. The molecule has 1 heterocycles. The number of carboxylic acid groups (broad SMARTS) is 1. The number of anilines is 2. The van der Waals surface area contributed by atoms with E-state index in [1.807, 2.05) is 4.90 Å². The Hall–Kier alpha value is -1.78. The number of carbonyl (C=O) groups is 1. The second kappa shape index (κ2) is 4.61. The first-order valence-electron chi connectivity index (χ1n) is 5.60. The number of carboxylic acids is 1. The minimum absolute atomic E-state index is 0.133. The van der Waals surface area contributed by atoms with Gasteiger partial charge in [0.25, 0.3) is 0 Å². The highest BCUT2D eigenvalue weighted by atomic mass is 19.1. The molecule has 3 N–H and O–H groups in total. The van der Waals surface area contributed by atoms with E-state index in [0.29, 0.717) is 25.9 Å².